The molecule has 0 saturated carbocycles. The molecule has 41 heavy (non-hydrogen) atoms. The maximum Gasteiger partial charge on any atom is 0.215 e. The van der Waals surface area contributed by atoms with Crippen molar-refractivity contribution in [3.63, 3.8) is 0 Å². The van der Waals surface area contributed by atoms with Crippen molar-refractivity contribution in [3.05, 3.63) is 99.6 Å². The third-order valence-corrected chi connectivity index (χ3v) is 8.51. The molecule has 2 heteroatoms. The third kappa shape index (κ3) is 9.94. The third-order valence-electron chi connectivity index (χ3n) is 8.51. The Bertz CT molecular complexity index is 1150. The van der Waals surface area contributed by atoms with Crippen LogP contribution >= 0.6 is 0 Å². The summed E-state index contributed by atoms with van der Waals surface area (Å²) in [5.74, 6) is 0. The number of rotatable bonds is 20. The second-order valence-electron chi connectivity index (χ2n) is 11.9. The molecule has 1 heterocycles. The summed E-state index contributed by atoms with van der Waals surface area (Å²) in [7, 11) is 0. The maximum absolute atomic E-state index is 11.9. The first-order valence-corrected chi connectivity index (χ1v) is 17.0. The molecule has 0 N–H and O–H groups in total. The molecule has 0 aromatic heterocycles. The van der Waals surface area contributed by atoms with E-state index in [1.165, 1.54) is 104 Å². The van der Waals surface area contributed by atoms with Gasteiger partial charge in [0.1, 0.15) is 0 Å². The topological polar surface area (TPSA) is 25.3 Å². The first-order chi connectivity index (χ1) is 20.1. The van der Waals surface area contributed by atoms with Gasteiger partial charge in [0.2, 0.25) is 11.4 Å². The first-order valence-electron chi connectivity index (χ1n) is 17.0. The Morgan fingerprint density at radius 2 is 1.07 bits per heavy atom. The average molecular weight is 553 g/mol. The monoisotopic (exact) mass is 552 g/mol. The van der Waals surface area contributed by atoms with Gasteiger partial charge in [-0.15, -0.1) is 0 Å². The number of nitrogens with zero attached hydrogens (tertiary/aromatic N) is 2. The van der Waals surface area contributed by atoms with Crippen molar-refractivity contribution >= 4 is 11.4 Å². The zero-order valence-corrected chi connectivity index (χ0v) is 26.7. The molecule has 2 aromatic rings. The molecule has 0 unspecified atom stereocenters. The summed E-state index contributed by atoms with van der Waals surface area (Å²) in [6, 6.07) is 17.8. The van der Waals surface area contributed by atoms with E-state index in [9.17, 15) is 5.53 Å². The van der Waals surface area contributed by atoms with E-state index in [4.69, 9.17) is 0 Å². The lowest BCUT2D eigenvalue weighted by atomic mass is 9.93. The lowest BCUT2D eigenvalue weighted by Crippen LogP contribution is -2.03. The Morgan fingerprint density at radius 3 is 1.66 bits per heavy atom. The van der Waals surface area contributed by atoms with Crippen LogP contribution in [0.1, 0.15) is 146 Å². The zero-order chi connectivity index (χ0) is 29.3. The van der Waals surface area contributed by atoms with Gasteiger partial charge in [0.25, 0.3) is 0 Å². The van der Waals surface area contributed by atoms with Crippen LogP contribution in [0.4, 0.5) is 0 Å². The molecule has 0 amide bonds. The molecule has 3 rings (SSSR count). The molecule has 0 bridgehead atoms. The SMILES string of the molecule is CCCCCCCC=CC1=C(c2ccc(CC)cc2)[N+](=[N-])C(c2ccc(CCCCCC)cc2)=C1CCCCCC. The van der Waals surface area contributed by atoms with Crippen LogP contribution in [0.5, 0.6) is 0 Å². The fourth-order valence-electron chi connectivity index (χ4n) is 5.91. The summed E-state index contributed by atoms with van der Waals surface area (Å²) >= 11 is 0. The molecule has 0 spiro atoms. The van der Waals surface area contributed by atoms with E-state index in [0.717, 1.165) is 54.6 Å². The summed E-state index contributed by atoms with van der Waals surface area (Å²) in [4.78, 5) is 0. The van der Waals surface area contributed by atoms with Crippen LogP contribution in [0.2, 0.25) is 0 Å². The smallest absolute Gasteiger partial charge is 0.215 e. The summed E-state index contributed by atoms with van der Waals surface area (Å²) in [6.07, 6.45) is 25.3. The maximum atomic E-state index is 11.9. The van der Waals surface area contributed by atoms with Crippen LogP contribution in [-0.4, -0.2) is 4.70 Å². The molecule has 1 aliphatic heterocycles. The van der Waals surface area contributed by atoms with Crippen molar-refractivity contribution in [1.82, 2.24) is 0 Å². The number of benzene rings is 2. The molecule has 0 aliphatic carbocycles. The van der Waals surface area contributed by atoms with Crippen LogP contribution in [0.25, 0.3) is 16.9 Å². The Hall–Kier alpha value is -2.74. The molecule has 0 radical (unpaired) electrons. The van der Waals surface area contributed by atoms with Crippen molar-refractivity contribution < 1.29 is 4.70 Å². The van der Waals surface area contributed by atoms with E-state index < -0.39 is 0 Å². The standard InChI is InChI=1S/C39H56N2/c1-5-9-12-15-16-17-20-23-37-36(22-19-14-11-7-3)39(35-30-26-33(27-31-35)21-18-13-10-6-2)41(40)38(37)34-28-24-32(8-4)25-29-34/h20,23-31H,5-19,21-22H2,1-4H3. The second-order valence-corrected chi connectivity index (χ2v) is 11.9. The molecule has 222 valence electrons. The van der Waals surface area contributed by atoms with Crippen molar-refractivity contribution in [2.45, 2.75) is 137 Å². The highest BCUT2D eigenvalue weighted by molar-refractivity contribution is 5.84. The van der Waals surface area contributed by atoms with Gasteiger partial charge in [-0.25, -0.2) is 4.70 Å². The van der Waals surface area contributed by atoms with Crippen molar-refractivity contribution in [2.75, 3.05) is 0 Å². The van der Waals surface area contributed by atoms with Crippen LogP contribution in [0, 0.1) is 0 Å². The molecule has 0 atom stereocenters. The highest BCUT2D eigenvalue weighted by Crippen LogP contribution is 2.43. The van der Waals surface area contributed by atoms with Gasteiger partial charge in [0.05, 0.1) is 5.57 Å². The minimum absolute atomic E-state index is 0.930. The minimum Gasteiger partial charge on any atom is -0.493 e. The normalized spacial score (nSPS) is 13.8. The number of aryl methyl sites for hydroxylation is 2. The van der Waals surface area contributed by atoms with E-state index in [2.05, 4.69) is 88.4 Å². The van der Waals surface area contributed by atoms with Gasteiger partial charge < -0.3 is 5.53 Å². The number of unbranched alkanes of at least 4 members (excludes halogenated alkanes) is 11. The zero-order valence-electron chi connectivity index (χ0n) is 26.7. The van der Waals surface area contributed by atoms with E-state index >= 15 is 0 Å². The number of hydrogen-bond donors (Lipinski definition) is 0. The average Bonchev–Trinajstić information content (AvgIpc) is 3.27. The predicted octanol–water partition coefficient (Wildman–Crippen LogP) is 12.4. The Kier molecular flexibility index (Phi) is 14.9. The van der Waals surface area contributed by atoms with Gasteiger partial charge in [0, 0.05) is 16.7 Å². The van der Waals surface area contributed by atoms with Crippen LogP contribution < -0.4 is 0 Å². The van der Waals surface area contributed by atoms with Gasteiger partial charge in [-0.3, -0.25) is 0 Å². The van der Waals surface area contributed by atoms with Gasteiger partial charge in [-0.2, -0.15) is 0 Å². The summed E-state index contributed by atoms with van der Waals surface area (Å²) in [5.41, 5.74) is 21.2. The Balaban J connectivity index is 1.96. The van der Waals surface area contributed by atoms with Gasteiger partial charge in [0.15, 0.2) is 0 Å². The Labute approximate surface area is 252 Å². The van der Waals surface area contributed by atoms with Gasteiger partial charge >= 0.3 is 0 Å². The summed E-state index contributed by atoms with van der Waals surface area (Å²) in [5, 5.41) is 0. The quantitative estimate of drug-likeness (QED) is 0.115. The van der Waals surface area contributed by atoms with E-state index in [1.54, 1.807) is 0 Å². The minimum atomic E-state index is 0.930. The molecule has 0 saturated heterocycles. The lowest BCUT2D eigenvalue weighted by molar-refractivity contribution is -0.345. The molecule has 2 nitrogen and oxygen atoms in total. The highest BCUT2D eigenvalue weighted by atomic mass is 15.2. The van der Waals surface area contributed by atoms with Crippen LogP contribution in [0.3, 0.4) is 0 Å². The van der Waals surface area contributed by atoms with Crippen molar-refractivity contribution in [1.29, 1.82) is 0 Å². The second kappa shape index (κ2) is 18.6. The largest absolute Gasteiger partial charge is 0.493 e. The molecule has 2 aromatic carbocycles. The van der Waals surface area contributed by atoms with Gasteiger partial charge in [-0.1, -0.05) is 128 Å². The lowest BCUT2D eigenvalue weighted by Gasteiger charge is -2.10. The molecular weight excluding hydrogens is 496 g/mol. The van der Waals surface area contributed by atoms with Crippen molar-refractivity contribution in [3.8, 4) is 0 Å². The number of hydrogen-bond acceptors (Lipinski definition) is 0. The van der Waals surface area contributed by atoms with E-state index in [1.807, 2.05) is 0 Å². The fraction of sp³-hybridized carbons (Fsp3) is 0.538. The summed E-state index contributed by atoms with van der Waals surface area (Å²) < 4.78 is 1.51. The predicted molar refractivity (Wildman–Crippen MR) is 179 cm³/mol. The summed E-state index contributed by atoms with van der Waals surface area (Å²) in [6.45, 7) is 9.00. The molecular formula is C39H56N2. The van der Waals surface area contributed by atoms with Crippen LogP contribution in [0.15, 0.2) is 71.8 Å². The van der Waals surface area contributed by atoms with E-state index in [0.29, 0.717) is 0 Å². The first kappa shape index (κ1) is 32.8. The molecule has 1 aliphatic rings. The number of allylic oxidation sites excluding steroid dienone is 4. The van der Waals surface area contributed by atoms with E-state index in [-0.39, 0.29) is 0 Å². The van der Waals surface area contributed by atoms with Crippen molar-refractivity contribution in [2.24, 2.45) is 0 Å². The van der Waals surface area contributed by atoms with Gasteiger partial charge in [-0.05, 0) is 80.3 Å². The van der Waals surface area contributed by atoms with Crippen LogP contribution in [-0.2, 0) is 12.8 Å². The highest BCUT2D eigenvalue weighted by Gasteiger charge is 2.34. The molecule has 0 fully saturated rings. The Morgan fingerprint density at radius 1 is 0.561 bits per heavy atom. The fourth-order valence-corrected chi connectivity index (χ4v) is 5.91.